The molecule has 0 saturated heterocycles. The third-order valence-corrected chi connectivity index (χ3v) is 3.42. The first-order valence-electron chi connectivity index (χ1n) is 6.65. The first-order chi connectivity index (χ1) is 10.6. The molecule has 0 unspecified atom stereocenters. The van der Waals surface area contributed by atoms with Crippen molar-refractivity contribution in [1.82, 2.24) is 9.97 Å². The Hall–Kier alpha value is -3.02. The average molecular weight is 297 g/mol. The number of nitrogens with two attached hydrogens (primary N) is 1. The molecule has 1 heterocycles. The second kappa shape index (κ2) is 5.40. The fraction of sp³-hybridized carbons (Fsp3) is 0.125. The molecule has 3 aromatic rings. The zero-order chi connectivity index (χ0) is 15.7. The summed E-state index contributed by atoms with van der Waals surface area (Å²) in [5.41, 5.74) is 8.78. The van der Waals surface area contributed by atoms with E-state index >= 15 is 0 Å². The van der Waals surface area contributed by atoms with Crippen LogP contribution in [0.1, 0.15) is 10.4 Å². The summed E-state index contributed by atoms with van der Waals surface area (Å²) in [5.74, 6) is 0.796. The molecule has 3 rings (SSSR count). The monoisotopic (exact) mass is 297 g/mol. The molecule has 0 aliphatic rings. The summed E-state index contributed by atoms with van der Waals surface area (Å²) in [6.45, 7) is 0. The molecular formula is C16H15N3O3. The Morgan fingerprint density at radius 3 is 2.50 bits per heavy atom. The normalized spacial score (nSPS) is 10.6. The van der Waals surface area contributed by atoms with E-state index in [4.69, 9.17) is 15.2 Å². The summed E-state index contributed by atoms with van der Waals surface area (Å²) in [6, 6.07) is 10.6. The van der Waals surface area contributed by atoms with E-state index in [1.807, 2.05) is 12.1 Å². The van der Waals surface area contributed by atoms with Gasteiger partial charge in [0, 0.05) is 11.3 Å². The molecule has 0 radical (unpaired) electrons. The third-order valence-electron chi connectivity index (χ3n) is 3.42. The highest BCUT2D eigenvalue weighted by molar-refractivity contribution is 6.04. The van der Waals surface area contributed by atoms with Gasteiger partial charge in [0.15, 0.2) is 0 Å². The number of esters is 1. The Labute approximate surface area is 126 Å². The van der Waals surface area contributed by atoms with E-state index in [1.165, 1.54) is 7.11 Å². The number of benzene rings is 2. The van der Waals surface area contributed by atoms with Crippen molar-refractivity contribution in [2.75, 3.05) is 20.0 Å². The number of hydrogen-bond acceptors (Lipinski definition) is 5. The van der Waals surface area contributed by atoms with Crippen LogP contribution in [0, 0.1) is 0 Å². The molecule has 112 valence electrons. The second-order valence-corrected chi connectivity index (χ2v) is 4.74. The lowest BCUT2D eigenvalue weighted by molar-refractivity contribution is 0.0603. The first kappa shape index (κ1) is 13.9. The molecule has 0 saturated carbocycles. The van der Waals surface area contributed by atoms with Gasteiger partial charge in [-0.2, -0.15) is 0 Å². The Morgan fingerprint density at radius 2 is 1.86 bits per heavy atom. The van der Waals surface area contributed by atoms with E-state index in [0.717, 1.165) is 5.56 Å². The topological polar surface area (TPSA) is 90.2 Å². The smallest absolute Gasteiger partial charge is 0.340 e. The first-order valence-corrected chi connectivity index (χ1v) is 6.65. The van der Waals surface area contributed by atoms with Crippen LogP contribution in [0.25, 0.3) is 22.4 Å². The van der Waals surface area contributed by atoms with E-state index in [1.54, 1.807) is 31.4 Å². The maximum Gasteiger partial charge on any atom is 0.340 e. The molecule has 0 bridgehead atoms. The number of rotatable bonds is 3. The number of H-pyrrole nitrogens is 1. The third kappa shape index (κ3) is 2.24. The van der Waals surface area contributed by atoms with Crippen LogP contribution in [0.3, 0.4) is 0 Å². The molecule has 0 fully saturated rings. The fourth-order valence-corrected chi connectivity index (χ4v) is 2.29. The van der Waals surface area contributed by atoms with Crippen molar-refractivity contribution in [3.8, 4) is 17.1 Å². The van der Waals surface area contributed by atoms with Crippen LogP contribution in [-0.2, 0) is 4.74 Å². The molecule has 6 heteroatoms. The van der Waals surface area contributed by atoms with Crippen LogP contribution < -0.4 is 10.5 Å². The van der Waals surface area contributed by atoms with Crippen molar-refractivity contribution in [3.05, 3.63) is 42.0 Å². The van der Waals surface area contributed by atoms with Gasteiger partial charge in [-0.15, -0.1) is 0 Å². The Balaban J connectivity index is 2.22. The van der Waals surface area contributed by atoms with Gasteiger partial charge in [0.2, 0.25) is 0 Å². The number of methoxy groups -OCH3 is 2. The number of nitrogens with one attached hydrogen (secondary N) is 1. The van der Waals surface area contributed by atoms with Gasteiger partial charge < -0.3 is 20.2 Å². The van der Waals surface area contributed by atoms with Gasteiger partial charge in [-0.05, 0) is 36.4 Å². The summed E-state index contributed by atoms with van der Waals surface area (Å²) in [6.07, 6.45) is 0. The highest BCUT2D eigenvalue weighted by atomic mass is 16.5. The van der Waals surface area contributed by atoms with Crippen molar-refractivity contribution >= 4 is 22.7 Å². The maximum absolute atomic E-state index is 11.9. The van der Waals surface area contributed by atoms with Crippen LogP contribution in [-0.4, -0.2) is 30.2 Å². The zero-order valence-electron chi connectivity index (χ0n) is 12.2. The van der Waals surface area contributed by atoms with Gasteiger partial charge in [-0.1, -0.05) is 0 Å². The van der Waals surface area contributed by atoms with Crippen LogP contribution in [0.5, 0.6) is 5.75 Å². The molecule has 0 amide bonds. The van der Waals surface area contributed by atoms with Gasteiger partial charge >= 0.3 is 5.97 Å². The minimum Gasteiger partial charge on any atom is -0.494 e. The largest absolute Gasteiger partial charge is 0.494 e. The molecule has 0 aliphatic heterocycles. The number of imidazole rings is 1. The molecule has 2 aromatic carbocycles. The number of nitrogens with zero attached hydrogens (tertiary/aromatic N) is 1. The summed E-state index contributed by atoms with van der Waals surface area (Å²) in [4.78, 5) is 19.6. The Morgan fingerprint density at radius 1 is 1.14 bits per heavy atom. The lowest BCUT2D eigenvalue weighted by atomic mass is 10.1. The molecule has 22 heavy (non-hydrogen) atoms. The number of fused-ring (bicyclic) bond motifs is 1. The summed E-state index contributed by atoms with van der Waals surface area (Å²) >= 11 is 0. The van der Waals surface area contributed by atoms with E-state index in [9.17, 15) is 4.79 Å². The van der Waals surface area contributed by atoms with E-state index in [0.29, 0.717) is 33.9 Å². The number of ether oxygens (including phenoxy) is 2. The predicted octanol–water partition coefficient (Wildman–Crippen LogP) is 2.61. The van der Waals surface area contributed by atoms with Crippen molar-refractivity contribution in [3.63, 3.8) is 0 Å². The molecule has 6 nitrogen and oxygen atoms in total. The maximum atomic E-state index is 11.9. The van der Waals surface area contributed by atoms with Crippen molar-refractivity contribution in [1.29, 1.82) is 0 Å². The van der Waals surface area contributed by atoms with Gasteiger partial charge in [-0.25, -0.2) is 9.78 Å². The molecule has 1 aromatic heterocycles. The zero-order valence-corrected chi connectivity index (χ0v) is 12.2. The summed E-state index contributed by atoms with van der Waals surface area (Å²) in [5, 5.41) is 0. The highest BCUT2D eigenvalue weighted by Gasteiger charge is 2.18. The van der Waals surface area contributed by atoms with Gasteiger partial charge in [0.05, 0.1) is 19.8 Å². The minimum atomic E-state index is -0.442. The van der Waals surface area contributed by atoms with Crippen LogP contribution >= 0.6 is 0 Å². The van der Waals surface area contributed by atoms with Crippen molar-refractivity contribution < 1.29 is 14.3 Å². The summed E-state index contributed by atoms with van der Waals surface area (Å²) in [7, 11) is 2.91. The lowest BCUT2D eigenvalue weighted by Gasteiger charge is -2.04. The van der Waals surface area contributed by atoms with Gasteiger partial charge in [0.1, 0.15) is 22.6 Å². The second-order valence-electron chi connectivity index (χ2n) is 4.74. The number of hydrogen-bond donors (Lipinski definition) is 2. The van der Waals surface area contributed by atoms with Crippen LogP contribution in [0.15, 0.2) is 36.4 Å². The molecular weight excluding hydrogens is 282 g/mol. The molecule has 0 atom stereocenters. The number of aromatic amines is 1. The standard InChI is InChI=1S/C16H15N3O3/c1-21-12-8-7-11(16(20)22-2)13-14(12)19-15(18-13)9-3-5-10(17)6-4-9/h3-8H,17H2,1-2H3,(H,18,19). The molecule has 0 spiro atoms. The van der Waals surface area contributed by atoms with E-state index in [-0.39, 0.29) is 0 Å². The Bertz CT molecular complexity index is 838. The SMILES string of the molecule is COC(=O)c1ccc(OC)c2[nH]c(-c3ccc(N)cc3)nc12. The number of anilines is 1. The Kier molecular flexibility index (Phi) is 3.42. The number of carbonyl (C=O) groups is 1. The predicted molar refractivity (Wildman–Crippen MR) is 83.8 cm³/mol. The van der Waals surface area contributed by atoms with Crippen LogP contribution in [0.2, 0.25) is 0 Å². The van der Waals surface area contributed by atoms with E-state index in [2.05, 4.69) is 9.97 Å². The van der Waals surface area contributed by atoms with Crippen molar-refractivity contribution in [2.45, 2.75) is 0 Å². The number of aromatic nitrogens is 2. The van der Waals surface area contributed by atoms with E-state index < -0.39 is 5.97 Å². The number of carbonyl (C=O) groups excluding carboxylic acids is 1. The minimum absolute atomic E-state index is 0.385. The average Bonchev–Trinajstić information content (AvgIpc) is 2.99. The fourth-order valence-electron chi connectivity index (χ4n) is 2.29. The molecule has 3 N–H and O–H groups in total. The molecule has 0 aliphatic carbocycles. The highest BCUT2D eigenvalue weighted by Crippen LogP contribution is 2.30. The van der Waals surface area contributed by atoms with Crippen molar-refractivity contribution in [2.24, 2.45) is 0 Å². The lowest BCUT2D eigenvalue weighted by Crippen LogP contribution is -2.02. The summed E-state index contributed by atoms with van der Waals surface area (Å²) < 4.78 is 10.1. The van der Waals surface area contributed by atoms with Gasteiger partial charge in [-0.3, -0.25) is 0 Å². The number of nitrogen functional groups attached to an aromatic ring is 1. The van der Waals surface area contributed by atoms with Crippen LogP contribution in [0.4, 0.5) is 5.69 Å². The van der Waals surface area contributed by atoms with Gasteiger partial charge in [0.25, 0.3) is 0 Å². The quantitative estimate of drug-likeness (QED) is 0.573.